The summed E-state index contributed by atoms with van der Waals surface area (Å²) in [5, 5.41) is 4.96. The van der Waals surface area contributed by atoms with Crippen LogP contribution in [0.15, 0.2) is 152 Å². The van der Waals surface area contributed by atoms with Gasteiger partial charge in [-0.05, 0) is 91.3 Å². The van der Waals surface area contributed by atoms with Gasteiger partial charge in [-0.1, -0.05) is 129 Å². The van der Waals surface area contributed by atoms with Crippen molar-refractivity contribution in [2.45, 2.75) is 19.3 Å². The van der Waals surface area contributed by atoms with Gasteiger partial charge < -0.3 is 4.90 Å². The van der Waals surface area contributed by atoms with E-state index in [2.05, 4.69) is 170 Å². The lowest BCUT2D eigenvalue weighted by Gasteiger charge is -2.29. The van der Waals surface area contributed by atoms with Crippen molar-refractivity contribution in [2.24, 2.45) is 0 Å². The minimum atomic E-state index is -0.105. The molecule has 7 aromatic rings. The molecule has 0 aliphatic heterocycles. The monoisotopic (exact) mass is 537 g/mol. The molecule has 0 radical (unpaired) electrons. The van der Waals surface area contributed by atoms with Crippen LogP contribution in [0.5, 0.6) is 0 Å². The zero-order chi connectivity index (χ0) is 28.3. The highest BCUT2D eigenvalue weighted by Crippen LogP contribution is 2.54. The fourth-order valence-corrected chi connectivity index (χ4v) is 6.96. The van der Waals surface area contributed by atoms with Gasteiger partial charge in [0.2, 0.25) is 0 Å². The molecule has 0 N–H and O–H groups in total. The van der Waals surface area contributed by atoms with Crippen molar-refractivity contribution in [3.05, 3.63) is 163 Å². The number of hydrogen-bond acceptors (Lipinski definition) is 1. The van der Waals surface area contributed by atoms with Crippen molar-refractivity contribution in [3.8, 4) is 22.3 Å². The summed E-state index contributed by atoms with van der Waals surface area (Å²) in [5.41, 5.74) is 11.3. The van der Waals surface area contributed by atoms with Gasteiger partial charge in [0.25, 0.3) is 0 Å². The van der Waals surface area contributed by atoms with E-state index in [0.717, 1.165) is 17.1 Å². The van der Waals surface area contributed by atoms with Gasteiger partial charge in [0.1, 0.15) is 0 Å². The van der Waals surface area contributed by atoms with Crippen LogP contribution in [0.25, 0.3) is 43.8 Å². The van der Waals surface area contributed by atoms with E-state index in [-0.39, 0.29) is 5.41 Å². The molecule has 0 spiro atoms. The molecule has 8 rings (SSSR count). The van der Waals surface area contributed by atoms with Crippen LogP contribution in [-0.4, -0.2) is 0 Å². The molecule has 0 heterocycles. The Kier molecular flexibility index (Phi) is 5.55. The topological polar surface area (TPSA) is 3.24 Å². The zero-order valence-corrected chi connectivity index (χ0v) is 23.9. The predicted molar refractivity (Wildman–Crippen MR) is 179 cm³/mol. The van der Waals surface area contributed by atoms with Crippen LogP contribution in [0.3, 0.4) is 0 Å². The fourth-order valence-electron chi connectivity index (χ4n) is 6.96. The van der Waals surface area contributed by atoms with E-state index >= 15 is 0 Å². The standard InChI is InChI=1S/C41H31N/c1-41(2)39-19-11-10-18-36(39)38-27-35(26-37(40(38)41)30-14-4-3-5-15-30)42(33-22-20-28-12-6-8-16-31(28)24-33)34-23-21-29-13-7-9-17-32(29)25-34/h3-27H,1-2H3. The average Bonchev–Trinajstić information content (AvgIpc) is 3.27. The molecule has 0 unspecified atom stereocenters. The van der Waals surface area contributed by atoms with Crippen molar-refractivity contribution in [1.29, 1.82) is 0 Å². The summed E-state index contributed by atoms with van der Waals surface area (Å²) in [5.74, 6) is 0. The van der Waals surface area contributed by atoms with Gasteiger partial charge in [-0.25, -0.2) is 0 Å². The highest BCUT2D eigenvalue weighted by Gasteiger charge is 2.38. The molecule has 0 saturated carbocycles. The number of rotatable bonds is 4. The maximum Gasteiger partial charge on any atom is 0.0474 e. The maximum absolute atomic E-state index is 2.43. The minimum Gasteiger partial charge on any atom is -0.310 e. The van der Waals surface area contributed by atoms with E-state index in [1.54, 1.807) is 0 Å². The number of benzene rings is 7. The normalized spacial score (nSPS) is 13.2. The van der Waals surface area contributed by atoms with Crippen molar-refractivity contribution in [2.75, 3.05) is 4.90 Å². The zero-order valence-electron chi connectivity index (χ0n) is 23.9. The summed E-state index contributed by atoms with van der Waals surface area (Å²) in [6, 6.07) is 55.5. The van der Waals surface area contributed by atoms with Crippen molar-refractivity contribution < 1.29 is 0 Å². The van der Waals surface area contributed by atoms with Crippen molar-refractivity contribution >= 4 is 38.6 Å². The lowest BCUT2D eigenvalue weighted by Crippen LogP contribution is -2.17. The van der Waals surface area contributed by atoms with E-state index in [1.165, 1.54) is 54.9 Å². The van der Waals surface area contributed by atoms with E-state index in [9.17, 15) is 0 Å². The second-order valence-corrected chi connectivity index (χ2v) is 11.9. The minimum absolute atomic E-state index is 0.105. The largest absolute Gasteiger partial charge is 0.310 e. The Bertz CT molecular complexity index is 2040. The molecule has 1 aliphatic carbocycles. The summed E-state index contributed by atoms with van der Waals surface area (Å²) in [4.78, 5) is 2.43. The second kappa shape index (κ2) is 9.46. The van der Waals surface area contributed by atoms with Crippen LogP contribution < -0.4 is 4.90 Å². The molecule has 1 heteroatoms. The van der Waals surface area contributed by atoms with Crippen LogP contribution in [0, 0.1) is 0 Å². The molecule has 200 valence electrons. The lowest BCUT2D eigenvalue weighted by molar-refractivity contribution is 0.662. The summed E-state index contributed by atoms with van der Waals surface area (Å²) >= 11 is 0. The van der Waals surface area contributed by atoms with E-state index in [1.807, 2.05) is 0 Å². The Morgan fingerprint density at radius 2 is 0.929 bits per heavy atom. The summed E-state index contributed by atoms with van der Waals surface area (Å²) < 4.78 is 0. The van der Waals surface area contributed by atoms with Crippen molar-refractivity contribution in [3.63, 3.8) is 0 Å². The number of fused-ring (bicyclic) bond motifs is 5. The lowest BCUT2D eigenvalue weighted by atomic mass is 9.78. The third-order valence-electron chi connectivity index (χ3n) is 8.96. The first-order chi connectivity index (χ1) is 20.6. The Morgan fingerprint density at radius 1 is 0.405 bits per heavy atom. The first-order valence-electron chi connectivity index (χ1n) is 14.7. The molecule has 0 saturated heterocycles. The molecular weight excluding hydrogens is 506 g/mol. The SMILES string of the molecule is CC1(C)c2ccccc2-c2cc(N(c3ccc4ccccc4c3)c3ccc4ccccc4c3)cc(-c3ccccc3)c21. The fraction of sp³-hybridized carbons (Fsp3) is 0.0732. The van der Waals surface area contributed by atoms with E-state index < -0.39 is 0 Å². The van der Waals surface area contributed by atoms with Crippen molar-refractivity contribution in [1.82, 2.24) is 0 Å². The molecule has 42 heavy (non-hydrogen) atoms. The predicted octanol–water partition coefficient (Wildman–Crippen LogP) is 11.4. The van der Waals surface area contributed by atoms with Crippen LogP contribution in [0.1, 0.15) is 25.0 Å². The Hall–Kier alpha value is -5.14. The van der Waals surface area contributed by atoms with E-state index in [0.29, 0.717) is 0 Å². The van der Waals surface area contributed by atoms with Crippen LogP contribution in [0.4, 0.5) is 17.1 Å². The van der Waals surface area contributed by atoms with E-state index in [4.69, 9.17) is 0 Å². The van der Waals surface area contributed by atoms with Gasteiger partial charge in [0.15, 0.2) is 0 Å². The molecule has 1 aliphatic rings. The Labute approximate surface area is 247 Å². The average molecular weight is 538 g/mol. The molecule has 0 bridgehead atoms. The van der Waals surface area contributed by atoms with Gasteiger partial charge in [-0.3, -0.25) is 0 Å². The number of anilines is 3. The summed E-state index contributed by atoms with van der Waals surface area (Å²) in [6.07, 6.45) is 0. The quantitative estimate of drug-likeness (QED) is 0.216. The van der Waals surface area contributed by atoms with Gasteiger partial charge in [-0.15, -0.1) is 0 Å². The van der Waals surface area contributed by atoms with Gasteiger partial charge >= 0.3 is 0 Å². The maximum atomic E-state index is 2.43. The molecule has 0 aromatic heterocycles. The van der Waals surface area contributed by atoms with Gasteiger partial charge in [0.05, 0.1) is 0 Å². The highest BCUT2D eigenvalue weighted by atomic mass is 15.1. The first kappa shape index (κ1) is 24.6. The molecule has 1 nitrogen and oxygen atoms in total. The molecule has 0 atom stereocenters. The molecule has 7 aromatic carbocycles. The highest BCUT2D eigenvalue weighted by molar-refractivity contribution is 5.96. The Balaban J connectivity index is 1.44. The molecule has 0 fully saturated rings. The smallest absolute Gasteiger partial charge is 0.0474 e. The van der Waals surface area contributed by atoms with Crippen LogP contribution in [0.2, 0.25) is 0 Å². The third kappa shape index (κ3) is 3.85. The Morgan fingerprint density at radius 3 is 1.57 bits per heavy atom. The van der Waals surface area contributed by atoms with Gasteiger partial charge in [0, 0.05) is 22.5 Å². The summed E-state index contributed by atoms with van der Waals surface area (Å²) in [7, 11) is 0. The third-order valence-corrected chi connectivity index (χ3v) is 8.96. The second-order valence-electron chi connectivity index (χ2n) is 11.9. The van der Waals surface area contributed by atoms with Crippen LogP contribution >= 0.6 is 0 Å². The van der Waals surface area contributed by atoms with Gasteiger partial charge in [-0.2, -0.15) is 0 Å². The number of nitrogens with zero attached hydrogens (tertiary/aromatic N) is 1. The summed E-state index contributed by atoms with van der Waals surface area (Å²) in [6.45, 7) is 4.74. The van der Waals surface area contributed by atoms with Crippen LogP contribution in [-0.2, 0) is 5.41 Å². The first-order valence-corrected chi connectivity index (χ1v) is 14.7. The number of hydrogen-bond donors (Lipinski definition) is 0. The molecular formula is C41H31N. The molecule has 0 amide bonds.